The summed E-state index contributed by atoms with van der Waals surface area (Å²) in [6.45, 7) is 6.65. The minimum absolute atomic E-state index is 0.00453. The van der Waals surface area contributed by atoms with E-state index in [9.17, 15) is 10.1 Å². The van der Waals surface area contributed by atoms with E-state index in [1.54, 1.807) is 12.1 Å². The molecule has 0 atom stereocenters. The quantitative estimate of drug-likeness (QED) is 0.678. The SMILES string of the molecule is CCc1ccc(NC2COC(C)(C)OC2)cc1[N+](=O)[O-]. The van der Waals surface area contributed by atoms with Gasteiger partial charge in [-0.05, 0) is 26.3 Å². The molecule has 0 unspecified atom stereocenters. The number of hydrogen-bond acceptors (Lipinski definition) is 5. The number of nitro groups is 1. The Morgan fingerprint density at radius 3 is 2.60 bits per heavy atom. The summed E-state index contributed by atoms with van der Waals surface area (Å²) in [6, 6.07) is 5.20. The van der Waals surface area contributed by atoms with Crippen molar-refractivity contribution in [2.45, 2.75) is 39.0 Å². The molecular formula is C14H20N2O4. The Morgan fingerprint density at radius 1 is 1.40 bits per heavy atom. The van der Waals surface area contributed by atoms with Gasteiger partial charge in [0, 0.05) is 17.3 Å². The Bertz CT molecular complexity index is 492. The lowest BCUT2D eigenvalue weighted by molar-refractivity contribution is -0.385. The van der Waals surface area contributed by atoms with Crippen LogP contribution < -0.4 is 5.32 Å². The molecule has 0 saturated carbocycles. The first kappa shape index (κ1) is 14.7. The normalized spacial score (nSPS) is 18.8. The molecule has 1 heterocycles. The Kier molecular flexibility index (Phi) is 4.25. The monoisotopic (exact) mass is 280 g/mol. The molecule has 1 saturated heterocycles. The molecule has 110 valence electrons. The predicted octanol–water partition coefficient (Wildman–Crippen LogP) is 2.72. The topological polar surface area (TPSA) is 73.6 Å². The Hall–Kier alpha value is -1.66. The van der Waals surface area contributed by atoms with E-state index in [-0.39, 0.29) is 16.7 Å². The van der Waals surface area contributed by atoms with Crippen LogP contribution in [-0.2, 0) is 15.9 Å². The van der Waals surface area contributed by atoms with Crippen molar-refractivity contribution in [2.24, 2.45) is 0 Å². The van der Waals surface area contributed by atoms with Crippen LogP contribution in [0.2, 0.25) is 0 Å². The maximum Gasteiger partial charge on any atom is 0.274 e. The number of nitrogens with one attached hydrogen (secondary N) is 1. The minimum atomic E-state index is -0.559. The van der Waals surface area contributed by atoms with Gasteiger partial charge in [0.25, 0.3) is 5.69 Å². The zero-order valence-corrected chi connectivity index (χ0v) is 12.0. The summed E-state index contributed by atoms with van der Waals surface area (Å²) < 4.78 is 11.1. The van der Waals surface area contributed by atoms with Crippen LogP contribution in [0.4, 0.5) is 11.4 Å². The van der Waals surface area contributed by atoms with Gasteiger partial charge in [0.1, 0.15) is 0 Å². The highest BCUT2D eigenvalue weighted by Gasteiger charge is 2.28. The van der Waals surface area contributed by atoms with Crippen molar-refractivity contribution in [3.63, 3.8) is 0 Å². The summed E-state index contributed by atoms with van der Waals surface area (Å²) in [5.74, 6) is -0.559. The lowest BCUT2D eigenvalue weighted by Gasteiger charge is -2.35. The molecule has 1 aromatic carbocycles. The molecule has 0 radical (unpaired) electrons. The first-order chi connectivity index (χ1) is 9.41. The summed E-state index contributed by atoms with van der Waals surface area (Å²) in [4.78, 5) is 10.7. The van der Waals surface area contributed by atoms with E-state index in [1.807, 2.05) is 26.8 Å². The number of hydrogen-bond donors (Lipinski definition) is 1. The van der Waals surface area contributed by atoms with Crippen LogP contribution in [0.3, 0.4) is 0 Å². The smallest absolute Gasteiger partial charge is 0.274 e. The third kappa shape index (κ3) is 3.46. The van der Waals surface area contributed by atoms with Crippen LogP contribution in [0.1, 0.15) is 26.3 Å². The summed E-state index contributed by atoms with van der Waals surface area (Å²) in [7, 11) is 0. The largest absolute Gasteiger partial charge is 0.377 e. The Morgan fingerprint density at radius 2 is 2.05 bits per heavy atom. The first-order valence-electron chi connectivity index (χ1n) is 6.73. The van der Waals surface area contributed by atoms with Gasteiger partial charge in [-0.3, -0.25) is 10.1 Å². The van der Waals surface area contributed by atoms with E-state index in [2.05, 4.69) is 5.32 Å². The van der Waals surface area contributed by atoms with Gasteiger partial charge in [-0.15, -0.1) is 0 Å². The summed E-state index contributed by atoms with van der Waals surface area (Å²) in [5, 5.41) is 14.2. The standard InChI is InChI=1S/C14H20N2O4/c1-4-10-5-6-11(7-13(10)16(17)18)15-12-8-19-14(2,3)20-9-12/h5-7,12,15H,4,8-9H2,1-3H3. The maximum atomic E-state index is 11.0. The average molecular weight is 280 g/mol. The molecule has 1 aromatic rings. The second-order valence-corrected chi connectivity index (χ2v) is 5.32. The Labute approximate surface area is 118 Å². The molecule has 1 aliphatic heterocycles. The summed E-state index contributed by atoms with van der Waals surface area (Å²) in [6.07, 6.45) is 0.639. The molecular weight excluding hydrogens is 260 g/mol. The highest BCUT2D eigenvalue weighted by molar-refractivity contribution is 5.55. The molecule has 6 nitrogen and oxygen atoms in total. The van der Waals surface area contributed by atoms with Crippen molar-refractivity contribution < 1.29 is 14.4 Å². The van der Waals surface area contributed by atoms with E-state index >= 15 is 0 Å². The zero-order valence-electron chi connectivity index (χ0n) is 12.0. The van der Waals surface area contributed by atoms with Crippen molar-refractivity contribution >= 4 is 11.4 Å². The second-order valence-electron chi connectivity index (χ2n) is 5.32. The van der Waals surface area contributed by atoms with Crippen LogP contribution in [0.15, 0.2) is 18.2 Å². The van der Waals surface area contributed by atoms with Crippen LogP contribution in [0.5, 0.6) is 0 Å². The fourth-order valence-electron chi connectivity index (χ4n) is 2.13. The highest BCUT2D eigenvalue weighted by Crippen LogP contribution is 2.25. The van der Waals surface area contributed by atoms with E-state index < -0.39 is 5.79 Å². The fraction of sp³-hybridized carbons (Fsp3) is 0.571. The molecule has 6 heteroatoms. The lowest BCUT2D eigenvalue weighted by atomic mass is 10.1. The van der Waals surface area contributed by atoms with E-state index in [4.69, 9.17) is 9.47 Å². The number of anilines is 1. The van der Waals surface area contributed by atoms with Crippen molar-refractivity contribution in [1.29, 1.82) is 0 Å². The van der Waals surface area contributed by atoms with Crippen molar-refractivity contribution in [3.05, 3.63) is 33.9 Å². The molecule has 1 N–H and O–H groups in total. The molecule has 2 rings (SSSR count). The van der Waals surface area contributed by atoms with Crippen LogP contribution in [0.25, 0.3) is 0 Å². The molecule has 20 heavy (non-hydrogen) atoms. The first-order valence-corrected chi connectivity index (χ1v) is 6.73. The van der Waals surface area contributed by atoms with Crippen LogP contribution in [-0.4, -0.2) is 30.0 Å². The molecule has 0 amide bonds. The van der Waals surface area contributed by atoms with Gasteiger partial charge in [0.15, 0.2) is 5.79 Å². The van der Waals surface area contributed by atoms with E-state index in [1.165, 1.54) is 0 Å². The summed E-state index contributed by atoms with van der Waals surface area (Å²) in [5.41, 5.74) is 1.60. The molecule has 0 spiro atoms. The van der Waals surface area contributed by atoms with Gasteiger partial charge in [-0.25, -0.2) is 0 Å². The molecule has 0 aliphatic carbocycles. The number of nitro benzene ring substituents is 1. The number of rotatable bonds is 4. The third-order valence-electron chi connectivity index (χ3n) is 3.30. The number of nitrogens with zero attached hydrogens (tertiary/aromatic N) is 1. The van der Waals surface area contributed by atoms with Crippen LogP contribution in [0, 0.1) is 10.1 Å². The van der Waals surface area contributed by atoms with Crippen molar-refractivity contribution in [2.75, 3.05) is 18.5 Å². The molecule has 1 aliphatic rings. The second kappa shape index (κ2) is 5.76. The molecule has 0 bridgehead atoms. The molecule has 1 fully saturated rings. The number of benzene rings is 1. The molecule has 0 aromatic heterocycles. The highest BCUT2D eigenvalue weighted by atomic mass is 16.7. The zero-order chi connectivity index (χ0) is 14.8. The fourth-order valence-corrected chi connectivity index (χ4v) is 2.13. The average Bonchev–Trinajstić information content (AvgIpc) is 2.41. The lowest BCUT2D eigenvalue weighted by Crippen LogP contribution is -2.45. The van der Waals surface area contributed by atoms with Gasteiger partial charge in [-0.2, -0.15) is 0 Å². The predicted molar refractivity (Wildman–Crippen MR) is 75.9 cm³/mol. The van der Waals surface area contributed by atoms with Crippen LogP contribution >= 0.6 is 0 Å². The van der Waals surface area contributed by atoms with Crippen molar-refractivity contribution in [3.8, 4) is 0 Å². The number of aryl methyl sites for hydroxylation is 1. The summed E-state index contributed by atoms with van der Waals surface area (Å²) >= 11 is 0. The maximum absolute atomic E-state index is 11.0. The van der Waals surface area contributed by atoms with Gasteiger partial charge < -0.3 is 14.8 Å². The number of ether oxygens (including phenoxy) is 2. The third-order valence-corrected chi connectivity index (χ3v) is 3.30. The Balaban J connectivity index is 2.07. The van der Waals surface area contributed by atoms with E-state index in [0.717, 1.165) is 5.56 Å². The van der Waals surface area contributed by atoms with Gasteiger partial charge in [0.2, 0.25) is 0 Å². The van der Waals surface area contributed by atoms with Gasteiger partial charge >= 0.3 is 0 Å². The minimum Gasteiger partial charge on any atom is -0.377 e. The van der Waals surface area contributed by atoms with Gasteiger partial charge in [0.05, 0.1) is 24.2 Å². The van der Waals surface area contributed by atoms with Gasteiger partial charge in [-0.1, -0.05) is 13.0 Å². The van der Waals surface area contributed by atoms with E-state index in [0.29, 0.717) is 25.3 Å². The van der Waals surface area contributed by atoms with Crippen molar-refractivity contribution in [1.82, 2.24) is 0 Å².